The number of carbonyl (C=O) groups is 1. The van der Waals surface area contributed by atoms with Gasteiger partial charge in [0.25, 0.3) is 5.91 Å². The maximum Gasteiger partial charge on any atom is 0.318 e. The Kier molecular flexibility index (Phi) is 4.98. The highest BCUT2D eigenvalue weighted by atomic mass is 16.5. The third-order valence-electron chi connectivity index (χ3n) is 4.07. The second kappa shape index (κ2) is 7.33. The first-order chi connectivity index (χ1) is 11.7. The van der Waals surface area contributed by atoms with Crippen molar-refractivity contribution in [1.29, 1.82) is 0 Å². The van der Waals surface area contributed by atoms with Crippen molar-refractivity contribution < 1.29 is 13.9 Å². The van der Waals surface area contributed by atoms with Gasteiger partial charge in [0.05, 0.1) is 7.11 Å². The first kappa shape index (κ1) is 16.3. The number of methoxy groups -OCH3 is 1. The highest BCUT2D eigenvalue weighted by Gasteiger charge is 2.25. The van der Waals surface area contributed by atoms with Crippen LogP contribution in [0.5, 0.6) is 5.75 Å². The van der Waals surface area contributed by atoms with Gasteiger partial charge in [0.2, 0.25) is 5.89 Å². The minimum atomic E-state index is 0.0192. The van der Waals surface area contributed by atoms with E-state index in [1.807, 2.05) is 28.0 Å². The Balaban J connectivity index is 1.60. The van der Waals surface area contributed by atoms with Crippen LogP contribution in [0, 0.1) is 0 Å². The number of nitrogens with zero attached hydrogens (tertiary/aromatic N) is 4. The molecular weight excluding hydrogens is 308 g/mol. The quantitative estimate of drug-likeness (QED) is 0.835. The topological polar surface area (TPSA) is 71.7 Å². The predicted molar refractivity (Wildman–Crippen MR) is 89.4 cm³/mol. The minimum absolute atomic E-state index is 0.0192. The maximum absolute atomic E-state index is 12.6. The van der Waals surface area contributed by atoms with Crippen LogP contribution in [0.25, 0.3) is 0 Å². The zero-order valence-electron chi connectivity index (χ0n) is 14.1. The fourth-order valence-electron chi connectivity index (χ4n) is 2.73. The first-order valence-electron chi connectivity index (χ1n) is 8.22. The van der Waals surface area contributed by atoms with Crippen molar-refractivity contribution in [3.8, 4) is 5.75 Å². The zero-order chi connectivity index (χ0) is 16.9. The van der Waals surface area contributed by atoms with E-state index in [1.54, 1.807) is 13.2 Å². The fraction of sp³-hybridized carbons (Fsp3) is 0.471. The number of hydrogen-bond donors (Lipinski definition) is 0. The van der Waals surface area contributed by atoms with E-state index in [2.05, 4.69) is 17.1 Å². The number of rotatable bonds is 5. The molecule has 1 aliphatic rings. The summed E-state index contributed by atoms with van der Waals surface area (Å²) >= 11 is 0. The molecule has 0 spiro atoms. The number of hydrogen-bond acceptors (Lipinski definition) is 6. The molecule has 0 atom stereocenters. The molecule has 2 heterocycles. The van der Waals surface area contributed by atoms with E-state index in [1.165, 1.54) is 0 Å². The molecule has 0 N–H and O–H groups in total. The average Bonchev–Trinajstić information content (AvgIpc) is 3.10. The number of piperazine rings is 1. The van der Waals surface area contributed by atoms with Gasteiger partial charge < -0.3 is 19.0 Å². The van der Waals surface area contributed by atoms with E-state index in [-0.39, 0.29) is 5.91 Å². The van der Waals surface area contributed by atoms with Gasteiger partial charge in [-0.2, -0.15) is 0 Å². The third kappa shape index (κ3) is 3.50. The Morgan fingerprint density at radius 2 is 2.04 bits per heavy atom. The summed E-state index contributed by atoms with van der Waals surface area (Å²) in [5, 5.41) is 8.15. The van der Waals surface area contributed by atoms with E-state index >= 15 is 0 Å². The number of anilines is 1. The molecule has 0 bridgehead atoms. The van der Waals surface area contributed by atoms with Crippen LogP contribution in [0.2, 0.25) is 0 Å². The van der Waals surface area contributed by atoms with Crippen LogP contribution < -0.4 is 9.64 Å². The summed E-state index contributed by atoms with van der Waals surface area (Å²) in [6.45, 7) is 4.70. The zero-order valence-corrected chi connectivity index (χ0v) is 14.1. The third-order valence-corrected chi connectivity index (χ3v) is 4.07. The summed E-state index contributed by atoms with van der Waals surface area (Å²) in [4.78, 5) is 16.5. The second-order valence-electron chi connectivity index (χ2n) is 5.74. The lowest BCUT2D eigenvalue weighted by atomic mass is 10.1. The molecule has 7 nitrogen and oxygen atoms in total. The number of aryl methyl sites for hydroxylation is 1. The van der Waals surface area contributed by atoms with Crippen LogP contribution in [0.3, 0.4) is 0 Å². The fourth-order valence-corrected chi connectivity index (χ4v) is 2.73. The summed E-state index contributed by atoms with van der Waals surface area (Å²) in [5.74, 6) is 1.38. The molecule has 0 saturated carbocycles. The summed E-state index contributed by atoms with van der Waals surface area (Å²) < 4.78 is 10.8. The molecule has 7 heteroatoms. The van der Waals surface area contributed by atoms with Crippen molar-refractivity contribution in [1.82, 2.24) is 15.1 Å². The van der Waals surface area contributed by atoms with E-state index < -0.39 is 0 Å². The SMILES string of the molecule is CCCc1nnc(N2CCN(C(=O)c3cccc(OC)c3)CC2)o1. The van der Waals surface area contributed by atoms with Crippen molar-refractivity contribution in [2.75, 3.05) is 38.2 Å². The predicted octanol–water partition coefficient (Wildman–Crippen LogP) is 1.99. The van der Waals surface area contributed by atoms with Gasteiger partial charge in [-0.3, -0.25) is 4.79 Å². The monoisotopic (exact) mass is 330 g/mol. The largest absolute Gasteiger partial charge is 0.497 e. The molecule has 1 aromatic heterocycles. The van der Waals surface area contributed by atoms with Crippen LogP contribution in [0.15, 0.2) is 28.7 Å². The Bertz CT molecular complexity index is 693. The van der Waals surface area contributed by atoms with Gasteiger partial charge in [0.15, 0.2) is 0 Å². The summed E-state index contributed by atoms with van der Waals surface area (Å²) in [6.07, 6.45) is 1.77. The molecule has 1 aliphatic heterocycles. The smallest absolute Gasteiger partial charge is 0.318 e. The van der Waals surface area contributed by atoms with Crippen molar-refractivity contribution >= 4 is 11.9 Å². The highest BCUT2D eigenvalue weighted by Crippen LogP contribution is 2.18. The number of aromatic nitrogens is 2. The van der Waals surface area contributed by atoms with Gasteiger partial charge >= 0.3 is 6.01 Å². The summed E-state index contributed by atoms with van der Waals surface area (Å²) in [7, 11) is 1.60. The molecule has 0 aliphatic carbocycles. The summed E-state index contributed by atoms with van der Waals surface area (Å²) in [5.41, 5.74) is 0.644. The first-order valence-corrected chi connectivity index (χ1v) is 8.22. The Labute approximate surface area is 141 Å². The molecule has 2 aromatic rings. The van der Waals surface area contributed by atoms with Crippen LogP contribution in [-0.4, -0.2) is 54.3 Å². The van der Waals surface area contributed by atoms with Crippen LogP contribution >= 0.6 is 0 Å². The van der Waals surface area contributed by atoms with Gasteiger partial charge in [0.1, 0.15) is 5.75 Å². The maximum atomic E-state index is 12.6. The van der Waals surface area contributed by atoms with E-state index in [0.717, 1.165) is 12.8 Å². The van der Waals surface area contributed by atoms with Crippen molar-refractivity contribution in [3.05, 3.63) is 35.7 Å². The summed E-state index contributed by atoms with van der Waals surface area (Å²) in [6, 6.07) is 7.79. The van der Waals surface area contributed by atoms with Crippen molar-refractivity contribution in [2.24, 2.45) is 0 Å². The Hall–Kier alpha value is -2.57. The standard InChI is InChI=1S/C17H22N4O3/c1-3-5-15-18-19-17(24-15)21-10-8-20(9-11-21)16(22)13-6-4-7-14(12-13)23-2/h4,6-7,12H,3,5,8-11H2,1-2H3. The lowest BCUT2D eigenvalue weighted by Crippen LogP contribution is -2.48. The van der Waals surface area contributed by atoms with Gasteiger partial charge in [-0.15, -0.1) is 5.10 Å². The van der Waals surface area contributed by atoms with Crippen molar-refractivity contribution in [3.63, 3.8) is 0 Å². The van der Waals surface area contributed by atoms with Gasteiger partial charge in [0, 0.05) is 38.2 Å². The normalized spacial score (nSPS) is 14.8. The number of carbonyl (C=O) groups excluding carboxylic acids is 1. The van der Waals surface area contributed by atoms with E-state index in [0.29, 0.717) is 49.4 Å². The molecule has 128 valence electrons. The van der Waals surface area contributed by atoms with E-state index in [4.69, 9.17) is 9.15 Å². The van der Waals surface area contributed by atoms with E-state index in [9.17, 15) is 4.79 Å². The molecular formula is C17H22N4O3. The van der Waals surface area contributed by atoms with Gasteiger partial charge in [-0.1, -0.05) is 18.1 Å². The molecule has 1 saturated heterocycles. The average molecular weight is 330 g/mol. The number of ether oxygens (including phenoxy) is 1. The molecule has 0 unspecified atom stereocenters. The molecule has 1 aromatic carbocycles. The number of amides is 1. The Morgan fingerprint density at radius 3 is 2.75 bits per heavy atom. The lowest BCUT2D eigenvalue weighted by Gasteiger charge is -2.33. The van der Waals surface area contributed by atoms with Crippen molar-refractivity contribution in [2.45, 2.75) is 19.8 Å². The second-order valence-corrected chi connectivity index (χ2v) is 5.74. The molecule has 3 rings (SSSR count). The van der Waals surface area contributed by atoms with Crippen LogP contribution in [0.4, 0.5) is 6.01 Å². The molecule has 24 heavy (non-hydrogen) atoms. The Morgan fingerprint density at radius 1 is 1.25 bits per heavy atom. The lowest BCUT2D eigenvalue weighted by molar-refractivity contribution is 0.0744. The van der Waals surface area contributed by atoms with Gasteiger partial charge in [-0.05, 0) is 24.6 Å². The van der Waals surface area contributed by atoms with Crippen LogP contribution in [-0.2, 0) is 6.42 Å². The molecule has 0 radical (unpaired) electrons. The van der Waals surface area contributed by atoms with Gasteiger partial charge in [-0.25, -0.2) is 0 Å². The minimum Gasteiger partial charge on any atom is -0.497 e. The highest BCUT2D eigenvalue weighted by molar-refractivity contribution is 5.94. The molecule has 1 fully saturated rings. The molecule has 1 amide bonds. The van der Waals surface area contributed by atoms with Crippen LogP contribution in [0.1, 0.15) is 29.6 Å². The number of benzene rings is 1.